The molecule has 0 saturated heterocycles. The monoisotopic (exact) mass is 209 g/mol. The summed E-state index contributed by atoms with van der Waals surface area (Å²) in [4.78, 5) is 4.52. The van der Waals surface area contributed by atoms with Crippen molar-refractivity contribution in [3.8, 4) is 0 Å². The lowest BCUT2D eigenvalue weighted by atomic mass is 10.1. The molecule has 2 rings (SSSR count). The summed E-state index contributed by atoms with van der Waals surface area (Å²) in [7, 11) is 0. The second-order valence-corrected chi connectivity index (χ2v) is 4.21. The Hall–Kier alpha value is -0.740. The first-order valence-electron chi connectivity index (χ1n) is 5.13. The quantitative estimate of drug-likeness (QED) is 0.825. The number of nitrogens with zero attached hydrogens (tertiary/aromatic N) is 2. The molecule has 0 radical (unpaired) electrons. The van der Waals surface area contributed by atoms with E-state index in [0.29, 0.717) is 0 Å². The van der Waals surface area contributed by atoms with Gasteiger partial charge in [-0.25, -0.2) is 4.98 Å². The van der Waals surface area contributed by atoms with Gasteiger partial charge in [0.15, 0.2) is 0 Å². The topological polar surface area (TPSA) is 37.8 Å². The second-order valence-electron chi connectivity index (χ2n) is 3.46. The molecule has 3 nitrogen and oxygen atoms in total. The summed E-state index contributed by atoms with van der Waals surface area (Å²) in [5, 5.41) is 4.44. The predicted molar refractivity (Wildman–Crippen MR) is 59.4 cm³/mol. The van der Waals surface area contributed by atoms with Crippen molar-refractivity contribution in [2.24, 2.45) is 0 Å². The fourth-order valence-electron chi connectivity index (χ4n) is 1.52. The maximum absolute atomic E-state index is 4.52. The average Bonchev–Trinajstić information content (AvgIpc) is 2.68. The Bertz CT molecular complexity index is 330. The zero-order valence-corrected chi connectivity index (χ0v) is 9.23. The molecule has 14 heavy (non-hydrogen) atoms. The van der Waals surface area contributed by atoms with Crippen molar-refractivity contribution < 1.29 is 0 Å². The Morgan fingerprint density at radius 1 is 1.57 bits per heavy atom. The van der Waals surface area contributed by atoms with E-state index in [1.54, 1.807) is 0 Å². The van der Waals surface area contributed by atoms with E-state index in [1.807, 2.05) is 0 Å². The number of hydrogen-bond donors (Lipinski definition) is 1. The molecule has 2 heterocycles. The molecule has 0 unspecified atom stereocenters. The first-order chi connectivity index (χ1) is 6.90. The summed E-state index contributed by atoms with van der Waals surface area (Å²) >= 11 is 1.53. The van der Waals surface area contributed by atoms with Crippen LogP contribution in [-0.2, 0) is 6.42 Å². The van der Waals surface area contributed by atoms with Crippen LogP contribution in [0.5, 0.6) is 0 Å². The summed E-state index contributed by atoms with van der Waals surface area (Å²) in [6.07, 6.45) is 5.50. The standard InChI is InChI=1S/C10H15N3S/c1-2-4-9-12-10(14-13-9)8-5-3-6-11-7-8/h5,11H,2-4,6-7H2,1H3. The lowest BCUT2D eigenvalue weighted by Crippen LogP contribution is -2.21. The average molecular weight is 209 g/mol. The minimum Gasteiger partial charge on any atom is -0.312 e. The van der Waals surface area contributed by atoms with E-state index in [9.17, 15) is 0 Å². The summed E-state index contributed by atoms with van der Waals surface area (Å²) in [5.74, 6) is 0.999. The summed E-state index contributed by atoms with van der Waals surface area (Å²) in [6, 6.07) is 0. The van der Waals surface area contributed by atoms with Crippen LogP contribution in [0.4, 0.5) is 0 Å². The van der Waals surface area contributed by atoms with E-state index >= 15 is 0 Å². The van der Waals surface area contributed by atoms with Gasteiger partial charge in [0.05, 0.1) is 0 Å². The van der Waals surface area contributed by atoms with Gasteiger partial charge >= 0.3 is 0 Å². The van der Waals surface area contributed by atoms with Crippen LogP contribution in [0.15, 0.2) is 6.08 Å². The third-order valence-corrected chi connectivity index (χ3v) is 3.07. The fraction of sp³-hybridized carbons (Fsp3) is 0.600. The minimum atomic E-state index is 0.945. The van der Waals surface area contributed by atoms with Crippen LogP contribution in [-0.4, -0.2) is 22.4 Å². The van der Waals surface area contributed by atoms with Crippen molar-refractivity contribution in [3.63, 3.8) is 0 Å². The van der Waals surface area contributed by atoms with Crippen LogP contribution in [0.3, 0.4) is 0 Å². The molecule has 1 aromatic rings. The molecule has 1 N–H and O–H groups in total. The van der Waals surface area contributed by atoms with Crippen LogP contribution in [0.25, 0.3) is 5.57 Å². The molecule has 0 aromatic carbocycles. The number of rotatable bonds is 3. The molecule has 0 fully saturated rings. The SMILES string of the molecule is CCCc1nsc(C2=CCCNC2)n1. The van der Waals surface area contributed by atoms with E-state index < -0.39 is 0 Å². The lowest BCUT2D eigenvalue weighted by molar-refractivity contribution is 0.738. The number of aryl methyl sites for hydroxylation is 1. The number of hydrogen-bond acceptors (Lipinski definition) is 4. The van der Waals surface area contributed by atoms with Gasteiger partial charge in [0.25, 0.3) is 0 Å². The highest BCUT2D eigenvalue weighted by Gasteiger charge is 2.10. The smallest absolute Gasteiger partial charge is 0.143 e. The molecule has 0 saturated carbocycles. The number of nitrogens with one attached hydrogen (secondary N) is 1. The lowest BCUT2D eigenvalue weighted by Gasteiger charge is -2.10. The normalized spacial score (nSPS) is 16.8. The zero-order chi connectivity index (χ0) is 9.80. The van der Waals surface area contributed by atoms with Gasteiger partial charge in [-0.15, -0.1) is 0 Å². The summed E-state index contributed by atoms with van der Waals surface area (Å²) in [5.41, 5.74) is 1.32. The molecule has 0 aliphatic carbocycles. The van der Waals surface area contributed by atoms with Crippen LogP contribution in [0.1, 0.15) is 30.6 Å². The second kappa shape index (κ2) is 4.66. The van der Waals surface area contributed by atoms with Crippen LogP contribution < -0.4 is 5.32 Å². The number of aromatic nitrogens is 2. The molecule has 1 aliphatic heterocycles. The third-order valence-electron chi connectivity index (χ3n) is 2.24. The largest absolute Gasteiger partial charge is 0.312 e. The third kappa shape index (κ3) is 2.19. The van der Waals surface area contributed by atoms with Gasteiger partial charge < -0.3 is 5.32 Å². The molecule has 0 spiro atoms. The molecule has 4 heteroatoms. The first-order valence-corrected chi connectivity index (χ1v) is 5.90. The molecule has 76 valence electrons. The summed E-state index contributed by atoms with van der Waals surface area (Å²) < 4.78 is 4.34. The molecule has 0 bridgehead atoms. The Morgan fingerprint density at radius 3 is 3.21 bits per heavy atom. The van der Waals surface area contributed by atoms with Gasteiger partial charge in [-0.05, 0) is 36.5 Å². The Balaban J connectivity index is 2.11. The Kier molecular flexibility index (Phi) is 3.26. The van der Waals surface area contributed by atoms with E-state index in [-0.39, 0.29) is 0 Å². The van der Waals surface area contributed by atoms with Gasteiger partial charge in [0.1, 0.15) is 10.8 Å². The van der Waals surface area contributed by atoms with Gasteiger partial charge in [-0.2, -0.15) is 4.37 Å². The van der Waals surface area contributed by atoms with E-state index in [0.717, 1.165) is 43.2 Å². The van der Waals surface area contributed by atoms with Crippen molar-refractivity contribution in [2.45, 2.75) is 26.2 Å². The predicted octanol–water partition coefficient (Wildman–Crippen LogP) is 1.87. The Labute approximate surface area is 88.4 Å². The van der Waals surface area contributed by atoms with Crippen molar-refractivity contribution in [1.82, 2.24) is 14.7 Å². The maximum Gasteiger partial charge on any atom is 0.143 e. The molecular weight excluding hydrogens is 194 g/mol. The van der Waals surface area contributed by atoms with E-state index in [4.69, 9.17) is 0 Å². The first kappa shape index (κ1) is 9.80. The molecule has 0 amide bonds. The Morgan fingerprint density at radius 2 is 2.50 bits per heavy atom. The molecule has 0 atom stereocenters. The van der Waals surface area contributed by atoms with E-state index in [2.05, 4.69) is 27.7 Å². The zero-order valence-electron chi connectivity index (χ0n) is 8.42. The molecule has 1 aromatic heterocycles. The van der Waals surface area contributed by atoms with Gasteiger partial charge in [0, 0.05) is 13.0 Å². The van der Waals surface area contributed by atoms with Crippen molar-refractivity contribution in [2.75, 3.05) is 13.1 Å². The van der Waals surface area contributed by atoms with Crippen molar-refractivity contribution in [3.05, 3.63) is 16.9 Å². The molecular formula is C10H15N3S. The van der Waals surface area contributed by atoms with Gasteiger partial charge in [-0.1, -0.05) is 13.0 Å². The highest BCUT2D eigenvalue weighted by atomic mass is 32.1. The van der Waals surface area contributed by atoms with Crippen molar-refractivity contribution >= 4 is 17.1 Å². The summed E-state index contributed by atoms with van der Waals surface area (Å²) in [6.45, 7) is 4.19. The van der Waals surface area contributed by atoms with Crippen LogP contribution >= 0.6 is 11.5 Å². The maximum atomic E-state index is 4.52. The van der Waals surface area contributed by atoms with E-state index in [1.165, 1.54) is 17.1 Å². The van der Waals surface area contributed by atoms with Crippen molar-refractivity contribution in [1.29, 1.82) is 0 Å². The fourth-order valence-corrected chi connectivity index (χ4v) is 2.26. The van der Waals surface area contributed by atoms with Gasteiger partial charge in [-0.3, -0.25) is 0 Å². The highest BCUT2D eigenvalue weighted by molar-refractivity contribution is 7.06. The van der Waals surface area contributed by atoms with Crippen LogP contribution in [0, 0.1) is 0 Å². The minimum absolute atomic E-state index is 0.945. The van der Waals surface area contributed by atoms with Crippen LogP contribution in [0.2, 0.25) is 0 Å². The molecule has 1 aliphatic rings. The highest BCUT2D eigenvalue weighted by Crippen LogP contribution is 2.18. The van der Waals surface area contributed by atoms with Gasteiger partial charge in [0.2, 0.25) is 0 Å².